The number of nitrogens with zero attached hydrogens (tertiary/aromatic N) is 1. The van der Waals surface area contributed by atoms with Crippen molar-refractivity contribution in [2.75, 3.05) is 11.9 Å². The quantitative estimate of drug-likeness (QED) is 0.341. The molecule has 0 atom stereocenters. The maximum absolute atomic E-state index is 12.9. The Balaban J connectivity index is 1.52. The second kappa shape index (κ2) is 10.5. The van der Waals surface area contributed by atoms with Crippen molar-refractivity contribution in [1.29, 1.82) is 0 Å². The molecule has 0 aliphatic heterocycles. The number of anilines is 1. The normalized spacial score (nSPS) is 10.7. The second-order valence-corrected chi connectivity index (χ2v) is 8.39. The molecular weight excluding hydrogens is 473 g/mol. The number of carbonyl (C=O) groups excluding carboxylic acids is 2. The lowest BCUT2D eigenvalue weighted by molar-refractivity contribution is -0.123. The SMILES string of the molecule is Cc1cnc2c(NC(=O)c3c(Cl)cccc3Cl)cccc2c1OCC(=O)NCc1ccccc1. The van der Waals surface area contributed by atoms with Gasteiger partial charge in [0.05, 0.1) is 26.8 Å². The minimum Gasteiger partial charge on any atom is -0.483 e. The van der Waals surface area contributed by atoms with E-state index >= 15 is 0 Å². The number of para-hydroxylation sites is 1. The molecule has 4 rings (SSSR count). The van der Waals surface area contributed by atoms with Gasteiger partial charge in [-0.1, -0.05) is 65.7 Å². The van der Waals surface area contributed by atoms with Gasteiger partial charge in [-0.3, -0.25) is 14.6 Å². The van der Waals surface area contributed by atoms with Crippen molar-refractivity contribution < 1.29 is 14.3 Å². The highest BCUT2D eigenvalue weighted by molar-refractivity contribution is 6.40. The zero-order valence-electron chi connectivity index (χ0n) is 18.3. The first kappa shape index (κ1) is 23.5. The van der Waals surface area contributed by atoms with Crippen LogP contribution in [0.1, 0.15) is 21.5 Å². The molecular formula is C26H21Cl2N3O3. The first-order valence-corrected chi connectivity index (χ1v) is 11.3. The highest BCUT2D eigenvalue weighted by Gasteiger charge is 2.18. The van der Waals surface area contributed by atoms with Crippen LogP contribution in [0.15, 0.2) is 72.9 Å². The zero-order chi connectivity index (χ0) is 24.1. The third kappa shape index (κ3) is 5.30. The Morgan fingerprint density at radius 2 is 1.65 bits per heavy atom. The average Bonchev–Trinajstić information content (AvgIpc) is 2.83. The molecule has 4 aromatic rings. The van der Waals surface area contributed by atoms with E-state index in [1.807, 2.05) is 43.3 Å². The van der Waals surface area contributed by atoms with Crippen LogP contribution in [0.25, 0.3) is 10.9 Å². The smallest absolute Gasteiger partial charge is 0.258 e. The lowest BCUT2D eigenvalue weighted by atomic mass is 10.1. The lowest BCUT2D eigenvalue weighted by Gasteiger charge is -2.15. The molecule has 0 saturated heterocycles. The number of hydrogen-bond acceptors (Lipinski definition) is 4. The molecule has 6 nitrogen and oxygen atoms in total. The van der Waals surface area contributed by atoms with E-state index in [4.69, 9.17) is 27.9 Å². The standard InChI is InChI=1S/C26H21Cl2N3O3/c1-16-13-30-24-18(25(16)34-15-22(32)29-14-17-7-3-2-4-8-17)9-5-12-21(24)31-26(33)23-19(27)10-6-11-20(23)28/h2-13H,14-15H2,1H3,(H,29,32)(H,31,33). The second-order valence-electron chi connectivity index (χ2n) is 7.57. The van der Waals surface area contributed by atoms with Crippen LogP contribution in [0.5, 0.6) is 5.75 Å². The molecule has 0 fully saturated rings. The van der Waals surface area contributed by atoms with Gasteiger partial charge in [0, 0.05) is 23.7 Å². The van der Waals surface area contributed by atoms with Gasteiger partial charge < -0.3 is 15.4 Å². The topological polar surface area (TPSA) is 80.3 Å². The number of halogens is 2. The molecule has 0 radical (unpaired) electrons. The van der Waals surface area contributed by atoms with E-state index in [0.29, 0.717) is 28.9 Å². The number of fused-ring (bicyclic) bond motifs is 1. The number of aromatic nitrogens is 1. The van der Waals surface area contributed by atoms with Gasteiger partial charge in [-0.2, -0.15) is 0 Å². The van der Waals surface area contributed by atoms with Crippen LogP contribution in [0, 0.1) is 6.92 Å². The number of aryl methyl sites for hydroxylation is 1. The third-order valence-electron chi connectivity index (χ3n) is 5.14. The molecule has 8 heteroatoms. The highest BCUT2D eigenvalue weighted by Crippen LogP contribution is 2.33. The molecule has 0 aliphatic rings. The van der Waals surface area contributed by atoms with Crippen LogP contribution in [-0.2, 0) is 11.3 Å². The fraction of sp³-hybridized carbons (Fsp3) is 0.115. The van der Waals surface area contributed by atoms with Crippen LogP contribution in [0.4, 0.5) is 5.69 Å². The number of pyridine rings is 1. The molecule has 1 aromatic heterocycles. The van der Waals surface area contributed by atoms with Gasteiger partial charge in [0.15, 0.2) is 6.61 Å². The Morgan fingerprint density at radius 1 is 0.941 bits per heavy atom. The molecule has 0 saturated carbocycles. The zero-order valence-corrected chi connectivity index (χ0v) is 19.8. The van der Waals surface area contributed by atoms with Crippen molar-refractivity contribution in [2.24, 2.45) is 0 Å². The fourth-order valence-electron chi connectivity index (χ4n) is 3.48. The van der Waals surface area contributed by atoms with Gasteiger partial charge in [-0.15, -0.1) is 0 Å². The van der Waals surface area contributed by atoms with Crippen LogP contribution in [0.3, 0.4) is 0 Å². The number of benzene rings is 3. The summed E-state index contributed by atoms with van der Waals surface area (Å²) in [5, 5.41) is 6.83. The average molecular weight is 494 g/mol. The van der Waals surface area contributed by atoms with Gasteiger partial charge >= 0.3 is 0 Å². The van der Waals surface area contributed by atoms with E-state index in [2.05, 4.69) is 15.6 Å². The summed E-state index contributed by atoms with van der Waals surface area (Å²) in [6.07, 6.45) is 1.64. The van der Waals surface area contributed by atoms with Crippen molar-refractivity contribution in [3.63, 3.8) is 0 Å². The summed E-state index contributed by atoms with van der Waals surface area (Å²) >= 11 is 12.3. The number of carbonyl (C=O) groups is 2. The third-order valence-corrected chi connectivity index (χ3v) is 5.77. The molecule has 3 aromatic carbocycles. The lowest BCUT2D eigenvalue weighted by Crippen LogP contribution is -2.28. The maximum atomic E-state index is 12.9. The minimum absolute atomic E-state index is 0.154. The molecule has 0 spiro atoms. The molecule has 0 unspecified atom stereocenters. The van der Waals surface area contributed by atoms with E-state index < -0.39 is 5.91 Å². The predicted octanol–water partition coefficient (Wildman–Crippen LogP) is 5.80. The van der Waals surface area contributed by atoms with Crippen molar-refractivity contribution in [1.82, 2.24) is 10.3 Å². The molecule has 2 N–H and O–H groups in total. The number of ether oxygens (including phenoxy) is 1. The maximum Gasteiger partial charge on any atom is 0.258 e. The van der Waals surface area contributed by atoms with Crippen molar-refractivity contribution in [3.05, 3.63) is 99.7 Å². The summed E-state index contributed by atoms with van der Waals surface area (Å²) in [5.74, 6) is -0.175. The number of nitrogens with one attached hydrogen (secondary N) is 2. The molecule has 0 bridgehead atoms. The van der Waals surface area contributed by atoms with Crippen LogP contribution in [-0.4, -0.2) is 23.4 Å². The van der Waals surface area contributed by atoms with E-state index in [-0.39, 0.29) is 28.1 Å². The largest absolute Gasteiger partial charge is 0.483 e. The Bertz CT molecular complexity index is 1340. The van der Waals surface area contributed by atoms with Gasteiger partial charge in [-0.05, 0) is 36.8 Å². The molecule has 172 valence electrons. The van der Waals surface area contributed by atoms with Gasteiger partial charge in [0.2, 0.25) is 0 Å². The fourth-order valence-corrected chi connectivity index (χ4v) is 4.04. The summed E-state index contributed by atoms with van der Waals surface area (Å²) in [5.41, 5.74) is 2.93. The summed E-state index contributed by atoms with van der Waals surface area (Å²) < 4.78 is 5.88. The summed E-state index contributed by atoms with van der Waals surface area (Å²) in [6.45, 7) is 2.11. The van der Waals surface area contributed by atoms with Crippen molar-refractivity contribution in [3.8, 4) is 5.75 Å². The Morgan fingerprint density at radius 3 is 2.38 bits per heavy atom. The summed E-state index contributed by atoms with van der Waals surface area (Å²) in [6, 6.07) is 19.8. The minimum atomic E-state index is -0.451. The van der Waals surface area contributed by atoms with Crippen molar-refractivity contribution >= 4 is 51.6 Å². The molecule has 2 amide bonds. The molecule has 1 heterocycles. The monoisotopic (exact) mass is 493 g/mol. The number of hydrogen-bond donors (Lipinski definition) is 2. The Kier molecular flexibility index (Phi) is 7.30. The Labute approximate surface area is 206 Å². The summed E-state index contributed by atoms with van der Waals surface area (Å²) in [7, 11) is 0. The Hall–Kier alpha value is -3.61. The van der Waals surface area contributed by atoms with Gasteiger partial charge in [-0.25, -0.2) is 0 Å². The van der Waals surface area contributed by atoms with E-state index in [0.717, 1.165) is 11.1 Å². The molecule has 34 heavy (non-hydrogen) atoms. The molecule has 0 aliphatic carbocycles. The van der Waals surface area contributed by atoms with Gasteiger partial charge in [0.25, 0.3) is 11.8 Å². The number of amides is 2. The predicted molar refractivity (Wildman–Crippen MR) is 135 cm³/mol. The van der Waals surface area contributed by atoms with Crippen LogP contribution < -0.4 is 15.4 Å². The van der Waals surface area contributed by atoms with Crippen LogP contribution in [0.2, 0.25) is 10.0 Å². The van der Waals surface area contributed by atoms with E-state index in [1.54, 1.807) is 36.5 Å². The van der Waals surface area contributed by atoms with E-state index in [9.17, 15) is 9.59 Å². The highest BCUT2D eigenvalue weighted by atomic mass is 35.5. The number of rotatable bonds is 7. The van der Waals surface area contributed by atoms with Crippen LogP contribution >= 0.6 is 23.2 Å². The van der Waals surface area contributed by atoms with E-state index in [1.165, 1.54) is 0 Å². The first-order valence-electron chi connectivity index (χ1n) is 10.5. The first-order chi connectivity index (χ1) is 16.4. The summed E-state index contributed by atoms with van der Waals surface area (Å²) in [4.78, 5) is 29.7. The van der Waals surface area contributed by atoms with Gasteiger partial charge in [0.1, 0.15) is 5.75 Å². The van der Waals surface area contributed by atoms with Crippen molar-refractivity contribution in [2.45, 2.75) is 13.5 Å².